The van der Waals surface area contributed by atoms with E-state index in [-0.39, 0.29) is 21.7 Å². The van der Waals surface area contributed by atoms with Crippen molar-refractivity contribution in [2.24, 2.45) is 0 Å². The molecule has 0 spiro atoms. The third kappa shape index (κ3) is 6.03. The van der Waals surface area contributed by atoms with Crippen LogP contribution in [0.1, 0.15) is 105 Å². The largest absolute Gasteiger partial charge is 0.358 e. The Labute approximate surface area is 191 Å². The lowest BCUT2D eigenvalue weighted by Gasteiger charge is -2.29. The summed E-state index contributed by atoms with van der Waals surface area (Å²) in [5.41, 5.74) is 7.81. The van der Waals surface area contributed by atoms with Crippen LogP contribution < -0.4 is 0 Å². The third-order valence-corrected chi connectivity index (χ3v) is 5.75. The number of hydrogen-bond donors (Lipinski definition) is 1. The predicted octanol–water partition coefficient (Wildman–Crippen LogP) is 9.04. The molecular weight excluding hydrogens is 374 g/mol. The fourth-order valence-corrected chi connectivity index (χ4v) is 4.27. The number of benzene rings is 2. The molecule has 0 atom stereocenters. The van der Waals surface area contributed by atoms with Crippen LogP contribution in [-0.4, -0.2) is 4.98 Å². The molecule has 1 heterocycles. The Bertz CT molecular complexity index is 972. The number of rotatable bonds is 0. The Balaban J connectivity index is 0.000000225. The van der Waals surface area contributed by atoms with E-state index >= 15 is 0 Å². The van der Waals surface area contributed by atoms with E-state index < -0.39 is 0 Å². The van der Waals surface area contributed by atoms with Crippen molar-refractivity contribution in [1.82, 2.24) is 4.98 Å². The Morgan fingerprint density at radius 3 is 1.29 bits per heavy atom. The average molecular weight is 420 g/mol. The molecular formula is C30H45N. The summed E-state index contributed by atoms with van der Waals surface area (Å²) in [6, 6.07) is 17.4. The molecule has 0 saturated carbocycles. The topological polar surface area (TPSA) is 15.8 Å². The summed E-state index contributed by atoms with van der Waals surface area (Å²) in [5.74, 6) is 0. The van der Waals surface area contributed by atoms with Crippen LogP contribution in [0.5, 0.6) is 0 Å². The molecule has 0 aliphatic heterocycles. The molecule has 2 aromatic carbocycles. The summed E-state index contributed by atoms with van der Waals surface area (Å²) in [4.78, 5) is 3.61. The van der Waals surface area contributed by atoms with Gasteiger partial charge in [0.05, 0.1) is 0 Å². The van der Waals surface area contributed by atoms with Gasteiger partial charge in [-0.1, -0.05) is 126 Å². The fraction of sp³-hybridized carbons (Fsp3) is 0.533. The summed E-state index contributed by atoms with van der Waals surface area (Å²) in [7, 11) is 0. The zero-order valence-corrected chi connectivity index (χ0v) is 22.1. The second kappa shape index (κ2) is 8.49. The highest BCUT2D eigenvalue weighted by Gasteiger charge is 2.29. The highest BCUT2D eigenvalue weighted by Crippen LogP contribution is 2.38. The number of nitrogens with one attached hydrogen (secondary N) is 1. The monoisotopic (exact) mass is 419 g/mol. The van der Waals surface area contributed by atoms with Crippen molar-refractivity contribution in [2.45, 2.75) is 105 Å². The van der Waals surface area contributed by atoms with E-state index in [1.165, 1.54) is 33.3 Å². The van der Waals surface area contributed by atoms with Crippen LogP contribution in [-0.2, 0) is 21.7 Å². The summed E-state index contributed by atoms with van der Waals surface area (Å²) in [5, 5.41) is 1.37. The Kier molecular flexibility index (Phi) is 6.91. The van der Waals surface area contributed by atoms with Gasteiger partial charge in [0.15, 0.2) is 0 Å². The summed E-state index contributed by atoms with van der Waals surface area (Å²) >= 11 is 0. The lowest BCUT2D eigenvalue weighted by atomic mass is 9.75. The van der Waals surface area contributed by atoms with Gasteiger partial charge in [-0.05, 0) is 39.0 Å². The number of fused-ring (bicyclic) bond motifs is 1. The van der Waals surface area contributed by atoms with Gasteiger partial charge in [-0.3, -0.25) is 0 Å². The van der Waals surface area contributed by atoms with Gasteiger partial charge in [-0.25, -0.2) is 0 Å². The minimum Gasteiger partial charge on any atom is -0.358 e. The first kappa shape index (κ1) is 25.2. The number of hydrogen-bond acceptors (Lipinski definition) is 0. The highest BCUT2D eigenvalue weighted by atomic mass is 14.7. The minimum atomic E-state index is 0.154. The van der Waals surface area contributed by atoms with Crippen molar-refractivity contribution in [3.8, 4) is 0 Å². The molecule has 0 fully saturated rings. The number of H-pyrrole nitrogens is 1. The maximum atomic E-state index is 3.61. The van der Waals surface area contributed by atoms with Crippen molar-refractivity contribution in [2.75, 3.05) is 0 Å². The van der Waals surface area contributed by atoms with E-state index in [1.54, 1.807) is 0 Å². The smallest absolute Gasteiger partial charge is 0.0459 e. The normalized spacial score (nSPS) is 13.2. The van der Waals surface area contributed by atoms with Crippen LogP contribution in [0.2, 0.25) is 0 Å². The van der Waals surface area contributed by atoms with Gasteiger partial charge >= 0.3 is 0 Å². The molecule has 0 saturated heterocycles. The molecule has 0 aliphatic rings. The molecule has 170 valence electrons. The second-order valence-electron chi connectivity index (χ2n) is 13.0. The van der Waals surface area contributed by atoms with Crippen LogP contribution in [0.15, 0.2) is 48.5 Å². The van der Waals surface area contributed by atoms with E-state index in [0.29, 0.717) is 0 Å². The van der Waals surface area contributed by atoms with Gasteiger partial charge in [0.2, 0.25) is 0 Å². The molecule has 0 bridgehead atoms. The minimum absolute atomic E-state index is 0.154. The molecule has 1 nitrogen and oxygen atoms in total. The summed E-state index contributed by atoms with van der Waals surface area (Å²) in [6.45, 7) is 27.3. The van der Waals surface area contributed by atoms with Crippen molar-refractivity contribution in [3.63, 3.8) is 0 Å². The van der Waals surface area contributed by atoms with Gasteiger partial charge in [0.1, 0.15) is 0 Å². The van der Waals surface area contributed by atoms with Crippen LogP contribution in [0.25, 0.3) is 10.9 Å². The first-order valence-electron chi connectivity index (χ1n) is 11.7. The maximum absolute atomic E-state index is 3.61. The van der Waals surface area contributed by atoms with Crippen LogP contribution in [0, 0.1) is 0 Å². The number of aromatic amines is 1. The van der Waals surface area contributed by atoms with Gasteiger partial charge in [-0.15, -0.1) is 0 Å². The third-order valence-electron chi connectivity index (χ3n) is 5.75. The van der Waals surface area contributed by atoms with Gasteiger partial charge < -0.3 is 4.98 Å². The Hall–Kier alpha value is -2.02. The second-order valence-corrected chi connectivity index (χ2v) is 13.0. The van der Waals surface area contributed by atoms with Crippen LogP contribution in [0.4, 0.5) is 0 Å². The van der Waals surface area contributed by atoms with Crippen molar-refractivity contribution < 1.29 is 0 Å². The van der Waals surface area contributed by atoms with E-state index in [2.05, 4.69) is 137 Å². The lowest BCUT2D eigenvalue weighted by molar-refractivity contribution is 0.524. The quantitative estimate of drug-likeness (QED) is 0.374. The first-order chi connectivity index (χ1) is 13.9. The van der Waals surface area contributed by atoms with Crippen molar-refractivity contribution >= 4 is 10.9 Å². The zero-order valence-electron chi connectivity index (χ0n) is 22.1. The molecule has 1 N–H and O–H groups in total. The Morgan fingerprint density at radius 2 is 0.903 bits per heavy atom. The molecule has 3 rings (SSSR count). The molecule has 3 aromatic rings. The maximum Gasteiger partial charge on any atom is 0.0459 e. The molecule has 1 aromatic heterocycles. The van der Waals surface area contributed by atoms with Crippen LogP contribution in [0.3, 0.4) is 0 Å². The molecule has 0 radical (unpaired) electrons. The van der Waals surface area contributed by atoms with Gasteiger partial charge in [0, 0.05) is 22.0 Å². The van der Waals surface area contributed by atoms with Gasteiger partial charge in [-0.2, -0.15) is 0 Å². The molecule has 1 heteroatoms. The summed E-state index contributed by atoms with van der Waals surface area (Å²) < 4.78 is 0. The fourth-order valence-electron chi connectivity index (χ4n) is 4.27. The average Bonchev–Trinajstić information content (AvgIpc) is 3.01. The zero-order chi connectivity index (χ0) is 23.8. The van der Waals surface area contributed by atoms with E-state index in [4.69, 9.17) is 0 Å². The molecule has 31 heavy (non-hydrogen) atoms. The molecule has 0 amide bonds. The summed E-state index contributed by atoms with van der Waals surface area (Å²) in [6.07, 6.45) is 0. The predicted molar refractivity (Wildman–Crippen MR) is 140 cm³/mol. The van der Waals surface area contributed by atoms with E-state index in [9.17, 15) is 0 Å². The number of para-hydroxylation sites is 1. The highest BCUT2D eigenvalue weighted by molar-refractivity contribution is 5.86. The molecule has 0 unspecified atom stereocenters. The lowest BCUT2D eigenvalue weighted by Crippen LogP contribution is -2.21. The standard InChI is InChI=1S/C16H23N.C14H22/c1-15(2,3)13-11-9-7-8-10-12(11)17-14(13)16(4,5)6;1-13(2,3)11-9-7-8-10-12(11)14(4,5)6/h7-10,17H,1-6H3;7-10H,1-6H3. The van der Waals surface area contributed by atoms with Crippen molar-refractivity contribution in [3.05, 3.63) is 70.9 Å². The van der Waals surface area contributed by atoms with E-state index in [0.717, 1.165) is 0 Å². The van der Waals surface area contributed by atoms with E-state index in [1.807, 2.05) is 0 Å². The van der Waals surface area contributed by atoms with Gasteiger partial charge in [0.25, 0.3) is 0 Å². The first-order valence-corrected chi connectivity index (χ1v) is 11.7. The van der Waals surface area contributed by atoms with Crippen molar-refractivity contribution in [1.29, 1.82) is 0 Å². The number of aromatic nitrogens is 1. The van der Waals surface area contributed by atoms with Crippen LogP contribution >= 0.6 is 0 Å². The Morgan fingerprint density at radius 1 is 0.484 bits per heavy atom. The molecule has 0 aliphatic carbocycles. The SMILES string of the molecule is CC(C)(C)c1[nH]c2ccccc2c1C(C)(C)C.CC(C)(C)c1ccccc1C(C)(C)C.